The Morgan fingerprint density at radius 2 is 1.69 bits per heavy atom. The zero-order valence-corrected chi connectivity index (χ0v) is 41.9. The maximum Gasteiger partial charge on any atom is 0.329 e. The van der Waals surface area contributed by atoms with Crippen LogP contribution in [0.3, 0.4) is 0 Å². The molecule has 2 spiro atoms. The van der Waals surface area contributed by atoms with Crippen molar-refractivity contribution in [1.29, 1.82) is 0 Å². The average molecular weight is 1020 g/mol. The Kier molecular flexibility index (Phi) is 13.2. The van der Waals surface area contributed by atoms with Crippen molar-refractivity contribution in [3.05, 3.63) is 91.8 Å². The van der Waals surface area contributed by atoms with E-state index in [0.29, 0.717) is 79.2 Å². The number of amides is 4. The summed E-state index contributed by atoms with van der Waals surface area (Å²) >= 11 is 12.8. The first-order chi connectivity index (χ1) is 33.9. The van der Waals surface area contributed by atoms with Crippen LogP contribution in [0.15, 0.2) is 53.5 Å². The minimum Gasteiger partial charge on any atom is -0.480 e. The third kappa shape index (κ3) is 8.76. The summed E-state index contributed by atoms with van der Waals surface area (Å²) in [5, 5.41) is 23.1. The number of anilines is 1. The van der Waals surface area contributed by atoms with Gasteiger partial charge < -0.3 is 15.7 Å². The average Bonchev–Trinajstić information content (AvgIpc) is 3.89. The fourth-order valence-electron chi connectivity index (χ4n) is 13.3. The summed E-state index contributed by atoms with van der Waals surface area (Å²) in [6, 6.07) is 10.1. The fraction of sp³-hybridized carbons (Fsp3) is 0.558. The molecular weight excluding hydrogens is 953 g/mol. The number of carbonyl (C=O) groups excluding carboxylic acids is 4. The van der Waals surface area contributed by atoms with Crippen molar-refractivity contribution >= 4 is 69.5 Å². The number of carbonyl (C=O) groups is 5. The molecular formula is C52H62Cl2FN9O7. The Morgan fingerprint density at radius 1 is 0.930 bits per heavy atom. The molecule has 71 heavy (non-hydrogen) atoms. The van der Waals surface area contributed by atoms with Crippen LogP contribution in [0.25, 0.3) is 11.0 Å². The number of aromatic nitrogens is 3. The van der Waals surface area contributed by atoms with Gasteiger partial charge in [0.1, 0.15) is 17.5 Å². The van der Waals surface area contributed by atoms with E-state index in [2.05, 4.69) is 49.9 Å². The predicted octanol–water partition coefficient (Wildman–Crippen LogP) is 5.82. The number of imide groups is 1. The summed E-state index contributed by atoms with van der Waals surface area (Å²) in [5.74, 6) is -3.76. The number of carboxylic acids is 1. The van der Waals surface area contributed by atoms with Crippen molar-refractivity contribution in [3.63, 3.8) is 0 Å². The molecule has 2 aromatic carbocycles. The van der Waals surface area contributed by atoms with Gasteiger partial charge in [0.25, 0.3) is 0 Å². The summed E-state index contributed by atoms with van der Waals surface area (Å²) in [4.78, 5) is 88.4. The molecule has 2 aliphatic carbocycles. The molecule has 16 nitrogen and oxygen atoms in total. The molecule has 378 valence electrons. The van der Waals surface area contributed by atoms with E-state index in [1.165, 1.54) is 15.3 Å². The SMILES string of the molecule is Cn1c(=O)n(C2CCC(=O)NC2=O)c2ccc(CCCN3CCN(CC4CCC(NC(=O)[C@@H]5NC6(CCC(C)(C)CC6)[C@@]6(C(=O)Nc7cc(Cl)ccc76)[C@H]5c5ccnc(Cl)c5F)CC4)[C@@H](C(=O)O)C3)cc21. The van der Waals surface area contributed by atoms with E-state index in [4.69, 9.17) is 23.2 Å². The Balaban J connectivity index is 0.777. The maximum absolute atomic E-state index is 16.4. The van der Waals surface area contributed by atoms with Crippen LogP contribution in [0, 0.1) is 17.2 Å². The summed E-state index contributed by atoms with van der Waals surface area (Å²) in [6.07, 6.45) is 9.07. The Hall–Kier alpha value is -5.20. The van der Waals surface area contributed by atoms with Crippen molar-refractivity contribution in [2.24, 2.45) is 18.4 Å². The van der Waals surface area contributed by atoms with Gasteiger partial charge in [-0.3, -0.25) is 53.5 Å². The quantitative estimate of drug-likeness (QED) is 0.0896. The van der Waals surface area contributed by atoms with Gasteiger partial charge in [0, 0.05) is 74.1 Å². The normalized spacial score (nSPS) is 28.6. The van der Waals surface area contributed by atoms with Crippen LogP contribution in [0.1, 0.15) is 113 Å². The molecule has 3 saturated heterocycles. The fourth-order valence-corrected chi connectivity index (χ4v) is 13.6. The lowest BCUT2D eigenvalue weighted by atomic mass is 9.53. The number of rotatable bonds is 11. The van der Waals surface area contributed by atoms with Gasteiger partial charge in [0.15, 0.2) is 11.0 Å². The highest BCUT2D eigenvalue weighted by Crippen LogP contribution is 2.64. The number of hydrogen-bond acceptors (Lipinski definition) is 10. The van der Waals surface area contributed by atoms with Crippen LogP contribution in [0.5, 0.6) is 0 Å². The monoisotopic (exact) mass is 1010 g/mol. The number of imidazole rings is 1. The maximum atomic E-state index is 16.4. The molecule has 0 bridgehead atoms. The second kappa shape index (κ2) is 19.0. The van der Waals surface area contributed by atoms with Crippen LogP contribution in [0.2, 0.25) is 10.2 Å². The molecule has 10 rings (SSSR count). The number of aliphatic carboxylic acids is 1. The van der Waals surface area contributed by atoms with Gasteiger partial charge in [-0.25, -0.2) is 14.2 Å². The van der Waals surface area contributed by atoms with E-state index in [0.717, 1.165) is 50.6 Å². The summed E-state index contributed by atoms with van der Waals surface area (Å²) < 4.78 is 19.4. The molecule has 5 atom stereocenters. The number of aryl methyl sites for hydroxylation is 2. The number of piperazine rings is 1. The van der Waals surface area contributed by atoms with E-state index in [1.54, 1.807) is 25.2 Å². The lowest BCUT2D eigenvalue weighted by Gasteiger charge is -2.50. The minimum atomic E-state index is -1.37. The third-order valence-electron chi connectivity index (χ3n) is 17.1. The van der Waals surface area contributed by atoms with Crippen LogP contribution < -0.4 is 27.0 Å². The Morgan fingerprint density at radius 3 is 2.42 bits per heavy atom. The van der Waals surface area contributed by atoms with Gasteiger partial charge in [-0.05, 0) is 136 Å². The van der Waals surface area contributed by atoms with Crippen molar-refractivity contribution in [1.82, 2.24) is 39.9 Å². The molecule has 2 saturated carbocycles. The van der Waals surface area contributed by atoms with Crippen LogP contribution in [-0.4, -0.2) is 115 Å². The highest BCUT2D eigenvalue weighted by atomic mass is 35.5. The standard InChI is InChI=1S/C52H62Cl2FN9O7/c1-50(2)17-19-51(20-18-50)52(34-12-9-31(53)26-35(34)58-48(52)70)41(33-16-21-56-44(54)42(33)55)43(60-51)46(67)57-32-10-6-30(7-11-32)27-63-24-23-62(28-39(63)47(68)69)22-4-5-29-8-13-36-38(25-29)61(3)49(71)64(36)37-14-15-40(65)59-45(37)66/h8-9,12-13,16,21,25-26,30,32,37,39,41,43,60H,4-7,10-11,14-15,17-20,22-24,27-28H2,1-3H3,(H,57,67)(H,58,70)(H,68,69)(H,59,65,66)/t30?,32?,37?,39-,41+,43-,52-/m1/s1. The minimum absolute atomic E-state index is 0.00521. The first-order valence-electron chi connectivity index (χ1n) is 25.1. The number of pyridine rings is 1. The number of nitrogens with zero attached hydrogens (tertiary/aromatic N) is 5. The van der Waals surface area contributed by atoms with Crippen LogP contribution in [-0.2, 0) is 42.9 Å². The number of nitrogens with one attached hydrogen (secondary N) is 4. The van der Waals surface area contributed by atoms with E-state index >= 15 is 4.39 Å². The molecule has 4 amide bonds. The molecule has 1 unspecified atom stereocenters. The van der Waals surface area contributed by atoms with E-state index in [9.17, 15) is 33.9 Å². The Labute approximate surface area is 421 Å². The largest absolute Gasteiger partial charge is 0.480 e. The topological polar surface area (TPSA) is 200 Å². The molecule has 0 radical (unpaired) electrons. The van der Waals surface area contributed by atoms with Crippen LogP contribution >= 0.6 is 23.2 Å². The molecule has 5 N–H and O–H groups in total. The zero-order valence-electron chi connectivity index (χ0n) is 40.4. The number of piperidine rings is 1. The molecule has 2 aromatic heterocycles. The van der Waals surface area contributed by atoms with Gasteiger partial charge >= 0.3 is 11.7 Å². The molecule has 6 aliphatic rings. The van der Waals surface area contributed by atoms with Gasteiger partial charge in [-0.1, -0.05) is 49.2 Å². The first kappa shape index (κ1) is 49.4. The lowest BCUT2D eigenvalue weighted by Crippen LogP contribution is -2.61. The highest BCUT2D eigenvalue weighted by Gasteiger charge is 2.73. The van der Waals surface area contributed by atoms with Gasteiger partial charge in [-0.2, -0.15) is 0 Å². The van der Waals surface area contributed by atoms with Crippen molar-refractivity contribution in [2.45, 2.75) is 132 Å². The second-order valence-corrected chi connectivity index (χ2v) is 22.6. The summed E-state index contributed by atoms with van der Waals surface area (Å²) in [5.41, 5.74) is 1.19. The first-order valence-corrected chi connectivity index (χ1v) is 25.9. The lowest BCUT2D eigenvalue weighted by molar-refractivity contribution is -0.146. The van der Waals surface area contributed by atoms with Crippen molar-refractivity contribution in [2.75, 3.05) is 38.0 Å². The number of fused-ring (bicyclic) bond motifs is 4. The number of halogens is 3. The highest BCUT2D eigenvalue weighted by molar-refractivity contribution is 6.31. The number of benzene rings is 2. The Bertz CT molecular complexity index is 2870. The molecule has 5 fully saturated rings. The second-order valence-electron chi connectivity index (χ2n) is 21.8. The van der Waals surface area contributed by atoms with Gasteiger partial charge in [0.05, 0.1) is 17.1 Å². The molecule has 4 aliphatic heterocycles. The third-order valence-corrected chi connectivity index (χ3v) is 17.6. The van der Waals surface area contributed by atoms with E-state index < -0.39 is 52.7 Å². The predicted molar refractivity (Wildman–Crippen MR) is 266 cm³/mol. The summed E-state index contributed by atoms with van der Waals surface area (Å²) in [7, 11) is 1.68. The number of carboxylic acid groups (broad SMARTS) is 1. The van der Waals surface area contributed by atoms with Crippen molar-refractivity contribution < 1.29 is 33.5 Å². The van der Waals surface area contributed by atoms with Crippen LogP contribution in [0.4, 0.5) is 10.1 Å². The summed E-state index contributed by atoms with van der Waals surface area (Å²) in [6.45, 7) is 7.50. The van der Waals surface area contributed by atoms with E-state index in [1.807, 2.05) is 24.3 Å². The smallest absolute Gasteiger partial charge is 0.329 e. The number of hydrogen-bond donors (Lipinski definition) is 5. The van der Waals surface area contributed by atoms with Crippen molar-refractivity contribution in [3.8, 4) is 0 Å². The van der Waals surface area contributed by atoms with Gasteiger partial charge in [0.2, 0.25) is 23.6 Å². The zero-order chi connectivity index (χ0) is 50.1. The molecule has 4 aromatic rings. The molecule has 6 heterocycles. The van der Waals surface area contributed by atoms with Gasteiger partial charge in [-0.15, -0.1) is 0 Å². The van der Waals surface area contributed by atoms with E-state index in [-0.39, 0.29) is 64.3 Å². The molecule has 19 heteroatoms.